The zero-order valence-corrected chi connectivity index (χ0v) is 9.78. The number of nitrogens with one attached hydrogen (secondary N) is 2. The zero-order valence-electron chi connectivity index (χ0n) is 10.0. The van der Waals surface area contributed by atoms with Gasteiger partial charge in [0.25, 0.3) is 0 Å². The van der Waals surface area contributed by atoms with Crippen LogP contribution in [0, 0.1) is 0 Å². The Hall–Kier alpha value is -1.78. The molecule has 17 heavy (non-hydrogen) atoms. The summed E-state index contributed by atoms with van der Waals surface area (Å²) in [5, 5.41) is 0. The van der Waals surface area contributed by atoms with Crippen molar-refractivity contribution in [3.63, 3.8) is 0 Å². The topological polar surface area (TPSA) is 54.3 Å². The highest BCUT2D eigenvalue weighted by molar-refractivity contribution is 5.90. The van der Waals surface area contributed by atoms with Gasteiger partial charge in [-0.05, 0) is 17.7 Å². The van der Waals surface area contributed by atoms with Gasteiger partial charge in [-0.1, -0.05) is 30.3 Å². The van der Waals surface area contributed by atoms with Gasteiger partial charge in [0.1, 0.15) is 0 Å². The highest BCUT2D eigenvalue weighted by Crippen LogP contribution is 1.99. The van der Waals surface area contributed by atoms with Crippen molar-refractivity contribution in [2.75, 3.05) is 0 Å². The SMILES string of the molecule is O=C(NNCc1ccccc1)c1ccco1.[Cl-].[H+]. The lowest BCUT2D eigenvalue weighted by atomic mass is 10.2. The molecule has 0 aliphatic carbocycles. The van der Waals surface area contributed by atoms with Gasteiger partial charge in [0.2, 0.25) is 0 Å². The summed E-state index contributed by atoms with van der Waals surface area (Å²) < 4.78 is 4.95. The fourth-order valence-corrected chi connectivity index (χ4v) is 1.29. The second-order valence-electron chi connectivity index (χ2n) is 3.27. The predicted octanol–water partition coefficient (Wildman–Crippen LogP) is -1.17. The van der Waals surface area contributed by atoms with Crippen LogP contribution in [0.3, 0.4) is 0 Å². The van der Waals surface area contributed by atoms with Crippen molar-refractivity contribution in [2.45, 2.75) is 6.54 Å². The Bertz CT molecular complexity index is 448. The van der Waals surface area contributed by atoms with Crippen molar-refractivity contribution in [1.29, 1.82) is 0 Å². The number of amides is 1. The quantitative estimate of drug-likeness (QED) is 0.675. The van der Waals surface area contributed by atoms with Gasteiger partial charge in [0.15, 0.2) is 5.76 Å². The zero-order chi connectivity index (χ0) is 11.2. The summed E-state index contributed by atoms with van der Waals surface area (Å²) in [6.45, 7) is 0.577. The summed E-state index contributed by atoms with van der Waals surface area (Å²) in [5.41, 5.74) is 6.48. The van der Waals surface area contributed by atoms with Crippen LogP contribution in [0.15, 0.2) is 53.1 Å². The largest absolute Gasteiger partial charge is 1.00 e. The number of carbonyl (C=O) groups excluding carboxylic acids is 1. The summed E-state index contributed by atoms with van der Waals surface area (Å²) in [6.07, 6.45) is 1.46. The van der Waals surface area contributed by atoms with Crippen molar-refractivity contribution in [2.24, 2.45) is 0 Å². The molecule has 1 amide bonds. The second-order valence-corrected chi connectivity index (χ2v) is 3.27. The number of rotatable bonds is 4. The maximum atomic E-state index is 11.4. The van der Waals surface area contributed by atoms with E-state index in [0.717, 1.165) is 5.56 Å². The molecular weight excluding hydrogens is 240 g/mol. The van der Waals surface area contributed by atoms with Crippen LogP contribution in [-0.4, -0.2) is 5.91 Å². The Labute approximate surface area is 107 Å². The standard InChI is InChI=1S/C12H12N2O2.ClH/c15-12(11-7-4-8-16-11)14-13-9-10-5-2-1-3-6-10;/h1-8,13H,9H2,(H,14,15);1H. The van der Waals surface area contributed by atoms with E-state index in [9.17, 15) is 4.79 Å². The molecule has 0 aliphatic heterocycles. The number of furan rings is 1. The van der Waals surface area contributed by atoms with E-state index in [0.29, 0.717) is 12.3 Å². The summed E-state index contributed by atoms with van der Waals surface area (Å²) in [7, 11) is 0. The van der Waals surface area contributed by atoms with Gasteiger partial charge in [0, 0.05) is 6.54 Å². The molecule has 0 fully saturated rings. The molecule has 90 valence electrons. The highest BCUT2D eigenvalue weighted by atomic mass is 35.5. The molecular formula is C12H13ClN2O2. The Morgan fingerprint density at radius 2 is 1.94 bits per heavy atom. The molecule has 4 nitrogen and oxygen atoms in total. The number of hydrazine groups is 1. The van der Waals surface area contributed by atoms with Crippen molar-refractivity contribution in [3.05, 3.63) is 60.1 Å². The van der Waals surface area contributed by atoms with E-state index < -0.39 is 0 Å². The molecule has 1 heterocycles. The van der Waals surface area contributed by atoms with Gasteiger partial charge >= 0.3 is 7.33 Å². The van der Waals surface area contributed by atoms with E-state index in [2.05, 4.69) is 10.9 Å². The van der Waals surface area contributed by atoms with E-state index in [4.69, 9.17) is 4.42 Å². The molecule has 0 unspecified atom stereocenters. The number of hydrogen-bond donors (Lipinski definition) is 2. The summed E-state index contributed by atoms with van der Waals surface area (Å²) in [6, 6.07) is 13.1. The molecule has 2 aromatic rings. The Kier molecular flexibility index (Phi) is 5.26. The molecule has 2 rings (SSSR count). The van der Waals surface area contributed by atoms with Crippen LogP contribution in [0.1, 0.15) is 17.5 Å². The molecule has 1 aromatic heterocycles. The van der Waals surface area contributed by atoms with Crippen molar-refractivity contribution >= 4 is 5.91 Å². The first kappa shape index (κ1) is 13.3. The number of carbonyl (C=O) groups is 1. The number of halogens is 1. The molecule has 0 spiro atoms. The molecule has 0 aliphatic rings. The summed E-state index contributed by atoms with van der Waals surface area (Å²) in [5.74, 6) is 0.0153. The second kappa shape index (κ2) is 6.73. The first-order chi connectivity index (χ1) is 7.86. The van der Waals surface area contributed by atoms with Crippen LogP contribution in [0.5, 0.6) is 0 Å². The normalized spacial score (nSPS) is 9.41. The molecule has 0 saturated heterocycles. The molecule has 1 aromatic carbocycles. The average Bonchev–Trinajstić information content (AvgIpc) is 2.84. The van der Waals surface area contributed by atoms with Gasteiger partial charge in [-0.2, -0.15) is 0 Å². The van der Waals surface area contributed by atoms with Crippen LogP contribution >= 0.6 is 0 Å². The van der Waals surface area contributed by atoms with Crippen molar-refractivity contribution in [3.8, 4) is 0 Å². The van der Waals surface area contributed by atoms with Gasteiger partial charge in [-0.25, -0.2) is 5.43 Å². The Balaban J connectivity index is 0.00000144. The van der Waals surface area contributed by atoms with Gasteiger partial charge < -0.3 is 16.8 Å². The average molecular weight is 253 g/mol. The van der Waals surface area contributed by atoms with E-state index in [1.54, 1.807) is 12.1 Å². The van der Waals surface area contributed by atoms with Crippen LogP contribution in [0.2, 0.25) is 0 Å². The lowest BCUT2D eigenvalue weighted by molar-refractivity contribution is -0.0000118. The van der Waals surface area contributed by atoms with Crippen molar-refractivity contribution < 1.29 is 23.0 Å². The fourth-order valence-electron chi connectivity index (χ4n) is 1.29. The van der Waals surface area contributed by atoms with Crippen LogP contribution < -0.4 is 23.3 Å². The predicted molar refractivity (Wildman–Crippen MR) is 60.6 cm³/mol. The molecule has 0 bridgehead atoms. The first-order valence-electron chi connectivity index (χ1n) is 4.97. The third-order valence-corrected chi connectivity index (χ3v) is 2.08. The molecule has 5 heteroatoms. The third-order valence-electron chi connectivity index (χ3n) is 2.08. The fraction of sp³-hybridized carbons (Fsp3) is 0.0833. The van der Waals surface area contributed by atoms with E-state index in [1.165, 1.54) is 6.26 Å². The Morgan fingerprint density at radius 1 is 1.18 bits per heavy atom. The number of benzene rings is 1. The molecule has 0 saturated carbocycles. The van der Waals surface area contributed by atoms with E-state index >= 15 is 0 Å². The smallest absolute Gasteiger partial charge is 1.00 e. The van der Waals surface area contributed by atoms with Crippen LogP contribution in [0.4, 0.5) is 0 Å². The van der Waals surface area contributed by atoms with Crippen LogP contribution in [-0.2, 0) is 6.54 Å². The lowest BCUT2D eigenvalue weighted by Crippen LogP contribution is -3.00. The first-order valence-corrected chi connectivity index (χ1v) is 4.97. The maximum absolute atomic E-state index is 11.4. The minimum atomic E-state index is -0.277. The van der Waals surface area contributed by atoms with E-state index in [1.807, 2.05) is 30.3 Å². The molecule has 0 radical (unpaired) electrons. The monoisotopic (exact) mass is 252 g/mol. The summed E-state index contributed by atoms with van der Waals surface area (Å²) in [4.78, 5) is 11.4. The maximum Gasteiger partial charge on any atom is 1.00 e. The minimum absolute atomic E-state index is 0. The number of hydrogen-bond acceptors (Lipinski definition) is 3. The van der Waals surface area contributed by atoms with Gasteiger partial charge in [-0.15, -0.1) is 0 Å². The van der Waals surface area contributed by atoms with E-state index in [-0.39, 0.29) is 19.7 Å². The Morgan fingerprint density at radius 3 is 2.59 bits per heavy atom. The van der Waals surface area contributed by atoms with Crippen LogP contribution in [0.25, 0.3) is 0 Å². The minimum Gasteiger partial charge on any atom is -1.00 e. The third kappa shape index (κ3) is 3.94. The molecule has 0 atom stereocenters. The lowest BCUT2D eigenvalue weighted by Gasteiger charge is -2.05. The van der Waals surface area contributed by atoms with Gasteiger partial charge in [0.05, 0.1) is 6.26 Å². The van der Waals surface area contributed by atoms with Crippen molar-refractivity contribution in [1.82, 2.24) is 10.9 Å². The van der Waals surface area contributed by atoms with Gasteiger partial charge in [-0.3, -0.25) is 10.2 Å². The summed E-state index contributed by atoms with van der Waals surface area (Å²) >= 11 is 0. The highest BCUT2D eigenvalue weighted by Gasteiger charge is 2.06. The molecule has 2 N–H and O–H groups in total.